The van der Waals surface area contributed by atoms with Gasteiger partial charge in [0.15, 0.2) is 0 Å². The Balaban J connectivity index is 2.44. The van der Waals surface area contributed by atoms with Gasteiger partial charge < -0.3 is 10.2 Å². The van der Waals surface area contributed by atoms with Gasteiger partial charge in [-0.25, -0.2) is 0 Å². The van der Waals surface area contributed by atoms with Crippen LogP contribution in [0.2, 0.25) is 0 Å². The quantitative estimate of drug-likeness (QED) is 0.554. The van der Waals surface area contributed by atoms with E-state index in [2.05, 4.69) is 41.9 Å². The third-order valence-corrected chi connectivity index (χ3v) is 4.45. The molecule has 0 aromatic carbocycles. The molecule has 3 heteroatoms. The SMILES string of the molecule is C#CCCCC(NCCC)C1CSCCN1C. The lowest BCUT2D eigenvalue weighted by molar-refractivity contribution is 0.206. The van der Waals surface area contributed by atoms with Gasteiger partial charge >= 0.3 is 0 Å². The number of nitrogens with zero attached hydrogens (tertiary/aromatic N) is 1. The molecule has 2 nitrogen and oxygen atoms in total. The van der Waals surface area contributed by atoms with E-state index in [0.717, 1.165) is 19.4 Å². The summed E-state index contributed by atoms with van der Waals surface area (Å²) in [4.78, 5) is 2.51. The Bertz CT molecular complexity index is 237. The van der Waals surface area contributed by atoms with Crippen LogP contribution < -0.4 is 5.32 Å². The molecule has 1 aliphatic rings. The summed E-state index contributed by atoms with van der Waals surface area (Å²) >= 11 is 2.09. The lowest BCUT2D eigenvalue weighted by atomic mass is 10.0. The molecule has 17 heavy (non-hydrogen) atoms. The van der Waals surface area contributed by atoms with Crippen molar-refractivity contribution in [3.63, 3.8) is 0 Å². The Hall–Kier alpha value is -0.170. The standard InChI is InChI=1S/C14H26N2S/c1-4-6-7-8-13(15-9-5-2)14-12-17-11-10-16(14)3/h1,13-15H,5-12H2,2-3H3. The van der Waals surface area contributed by atoms with E-state index < -0.39 is 0 Å². The fourth-order valence-electron chi connectivity index (χ4n) is 2.31. The van der Waals surface area contributed by atoms with Gasteiger partial charge in [0.25, 0.3) is 0 Å². The number of hydrogen-bond acceptors (Lipinski definition) is 3. The molecule has 0 saturated carbocycles. The zero-order chi connectivity index (χ0) is 12.5. The summed E-state index contributed by atoms with van der Waals surface area (Å²) in [5, 5.41) is 3.70. The van der Waals surface area contributed by atoms with E-state index in [-0.39, 0.29) is 0 Å². The average molecular weight is 254 g/mol. The fourth-order valence-corrected chi connectivity index (χ4v) is 3.63. The van der Waals surface area contributed by atoms with Gasteiger partial charge in [-0.15, -0.1) is 12.3 Å². The van der Waals surface area contributed by atoms with Crippen molar-refractivity contribution < 1.29 is 0 Å². The predicted octanol–water partition coefficient (Wildman–Crippen LogP) is 2.21. The van der Waals surface area contributed by atoms with Gasteiger partial charge in [0, 0.05) is 36.6 Å². The summed E-state index contributed by atoms with van der Waals surface area (Å²) in [6, 6.07) is 1.29. The first-order valence-corrected chi connectivity index (χ1v) is 7.90. The molecule has 98 valence electrons. The van der Waals surface area contributed by atoms with Gasteiger partial charge in [-0.2, -0.15) is 11.8 Å². The molecule has 0 aliphatic carbocycles. The maximum absolute atomic E-state index is 5.34. The first-order chi connectivity index (χ1) is 8.29. The van der Waals surface area contributed by atoms with Crippen LogP contribution >= 0.6 is 11.8 Å². The molecular formula is C14H26N2S. The minimum Gasteiger partial charge on any atom is -0.312 e. The monoisotopic (exact) mass is 254 g/mol. The Labute approximate surface area is 111 Å². The van der Waals surface area contributed by atoms with Crippen LogP contribution in [-0.4, -0.2) is 48.6 Å². The molecule has 1 heterocycles. The van der Waals surface area contributed by atoms with Crippen molar-refractivity contribution >= 4 is 11.8 Å². The molecule has 1 saturated heterocycles. The van der Waals surface area contributed by atoms with Crippen LogP contribution in [0.1, 0.15) is 32.6 Å². The molecule has 0 amide bonds. The Morgan fingerprint density at radius 3 is 3.06 bits per heavy atom. The summed E-state index contributed by atoms with van der Waals surface area (Å²) in [6.45, 7) is 4.56. The predicted molar refractivity (Wildman–Crippen MR) is 78.5 cm³/mol. The highest BCUT2D eigenvalue weighted by Gasteiger charge is 2.26. The van der Waals surface area contributed by atoms with Crippen LogP contribution in [0.15, 0.2) is 0 Å². The number of likely N-dealkylation sites (N-methyl/N-ethyl adjacent to an activating group) is 1. The van der Waals surface area contributed by atoms with Gasteiger partial charge in [0.05, 0.1) is 0 Å². The van der Waals surface area contributed by atoms with Crippen molar-refractivity contribution in [1.29, 1.82) is 0 Å². The number of rotatable bonds is 7. The number of unbranched alkanes of at least 4 members (excludes halogenated alkanes) is 1. The van der Waals surface area contributed by atoms with E-state index in [1.807, 2.05) is 0 Å². The lowest BCUT2D eigenvalue weighted by Crippen LogP contribution is -2.52. The zero-order valence-electron chi connectivity index (χ0n) is 11.2. The van der Waals surface area contributed by atoms with E-state index in [1.165, 1.54) is 30.9 Å². The van der Waals surface area contributed by atoms with E-state index in [1.54, 1.807) is 0 Å². The van der Waals surface area contributed by atoms with Crippen molar-refractivity contribution in [2.45, 2.75) is 44.7 Å². The minimum atomic E-state index is 0.612. The number of thioether (sulfide) groups is 1. The fraction of sp³-hybridized carbons (Fsp3) is 0.857. The van der Waals surface area contributed by atoms with Crippen molar-refractivity contribution in [2.24, 2.45) is 0 Å². The molecule has 1 N–H and O–H groups in total. The number of hydrogen-bond donors (Lipinski definition) is 1. The molecule has 0 aromatic rings. The second-order valence-corrected chi connectivity index (χ2v) is 5.93. The first kappa shape index (κ1) is 14.9. The number of nitrogens with one attached hydrogen (secondary N) is 1. The van der Waals surface area contributed by atoms with Crippen LogP contribution in [0.3, 0.4) is 0 Å². The highest BCUT2D eigenvalue weighted by Crippen LogP contribution is 2.20. The molecule has 1 fully saturated rings. The van der Waals surface area contributed by atoms with Gasteiger partial charge in [-0.3, -0.25) is 0 Å². The summed E-state index contributed by atoms with van der Waals surface area (Å²) in [7, 11) is 2.26. The molecular weight excluding hydrogens is 228 g/mol. The third-order valence-electron chi connectivity index (χ3n) is 3.40. The molecule has 0 bridgehead atoms. The van der Waals surface area contributed by atoms with E-state index >= 15 is 0 Å². The van der Waals surface area contributed by atoms with Gasteiger partial charge in [-0.1, -0.05) is 6.92 Å². The van der Waals surface area contributed by atoms with Gasteiger partial charge in [0.1, 0.15) is 0 Å². The van der Waals surface area contributed by atoms with Crippen LogP contribution in [-0.2, 0) is 0 Å². The highest BCUT2D eigenvalue weighted by molar-refractivity contribution is 7.99. The van der Waals surface area contributed by atoms with Crippen molar-refractivity contribution in [3.05, 3.63) is 0 Å². The van der Waals surface area contributed by atoms with Crippen LogP contribution in [0.25, 0.3) is 0 Å². The van der Waals surface area contributed by atoms with Crippen molar-refractivity contribution in [1.82, 2.24) is 10.2 Å². The molecule has 0 radical (unpaired) electrons. The van der Waals surface area contributed by atoms with E-state index in [9.17, 15) is 0 Å². The van der Waals surface area contributed by atoms with Crippen molar-refractivity contribution in [3.8, 4) is 12.3 Å². The summed E-state index contributed by atoms with van der Waals surface area (Å²) in [5.41, 5.74) is 0. The maximum Gasteiger partial charge on any atom is 0.0337 e. The molecule has 0 aromatic heterocycles. The number of terminal acetylenes is 1. The largest absolute Gasteiger partial charge is 0.312 e. The lowest BCUT2D eigenvalue weighted by Gasteiger charge is -2.38. The maximum atomic E-state index is 5.34. The Kier molecular flexibility index (Phi) is 7.75. The summed E-state index contributed by atoms with van der Waals surface area (Å²) < 4.78 is 0. The van der Waals surface area contributed by atoms with Crippen LogP contribution in [0.5, 0.6) is 0 Å². The zero-order valence-corrected chi connectivity index (χ0v) is 12.1. The molecule has 1 rings (SSSR count). The normalized spacial score (nSPS) is 23.2. The highest BCUT2D eigenvalue weighted by atomic mass is 32.2. The molecule has 1 aliphatic heterocycles. The van der Waals surface area contributed by atoms with Crippen LogP contribution in [0.4, 0.5) is 0 Å². The average Bonchev–Trinajstić information content (AvgIpc) is 2.35. The Morgan fingerprint density at radius 2 is 2.41 bits per heavy atom. The second-order valence-electron chi connectivity index (χ2n) is 4.78. The Morgan fingerprint density at radius 1 is 1.59 bits per heavy atom. The molecule has 0 spiro atoms. The topological polar surface area (TPSA) is 15.3 Å². The molecule has 2 unspecified atom stereocenters. The molecule has 2 atom stereocenters. The summed E-state index contributed by atoms with van der Waals surface area (Å²) in [5.74, 6) is 5.28. The minimum absolute atomic E-state index is 0.612. The van der Waals surface area contributed by atoms with Crippen molar-refractivity contribution in [2.75, 3.05) is 31.6 Å². The van der Waals surface area contributed by atoms with E-state index in [0.29, 0.717) is 12.1 Å². The van der Waals surface area contributed by atoms with Gasteiger partial charge in [-0.05, 0) is 32.9 Å². The first-order valence-electron chi connectivity index (χ1n) is 6.74. The smallest absolute Gasteiger partial charge is 0.0337 e. The third kappa shape index (κ3) is 5.33. The van der Waals surface area contributed by atoms with Gasteiger partial charge in [0.2, 0.25) is 0 Å². The second kappa shape index (κ2) is 8.85. The summed E-state index contributed by atoms with van der Waals surface area (Å²) in [6.07, 6.45) is 9.80. The van der Waals surface area contributed by atoms with E-state index in [4.69, 9.17) is 6.42 Å². The van der Waals surface area contributed by atoms with Crippen LogP contribution in [0, 0.1) is 12.3 Å².